The maximum atomic E-state index is 12.8. The Kier molecular flexibility index (Phi) is 4.83. The van der Waals surface area contributed by atoms with E-state index >= 15 is 0 Å². The molecule has 2 amide bonds. The number of nitro groups is 1. The number of hydrogen-bond acceptors (Lipinski definition) is 5. The van der Waals surface area contributed by atoms with Gasteiger partial charge >= 0.3 is 0 Å². The smallest absolute Gasteiger partial charge is 0.271 e. The number of rotatable bonds is 4. The molecule has 0 bridgehead atoms. The van der Waals surface area contributed by atoms with Crippen LogP contribution in [0.1, 0.15) is 13.3 Å². The number of anilines is 3. The summed E-state index contributed by atoms with van der Waals surface area (Å²) in [5.74, 6) is -0.375. The molecule has 0 aliphatic carbocycles. The summed E-state index contributed by atoms with van der Waals surface area (Å²) in [7, 11) is 0. The van der Waals surface area contributed by atoms with E-state index in [1.807, 2.05) is 6.92 Å². The van der Waals surface area contributed by atoms with E-state index in [4.69, 9.17) is 0 Å². The van der Waals surface area contributed by atoms with Gasteiger partial charge in [0.25, 0.3) is 5.69 Å². The van der Waals surface area contributed by atoms with Crippen LogP contribution in [0.5, 0.6) is 0 Å². The molecule has 0 fully saturated rings. The van der Waals surface area contributed by atoms with Gasteiger partial charge in [0.05, 0.1) is 22.8 Å². The fourth-order valence-corrected chi connectivity index (χ4v) is 2.96. The molecule has 8 nitrogen and oxygen atoms in total. The molecule has 134 valence electrons. The Labute approximate surface area is 150 Å². The molecule has 1 aliphatic rings. The van der Waals surface area contributed by atoms with Gasteiger partial charge in [0.1, 0.15) is 0 Å². The fraction of sp³-hybridized carbons (Fsp3) is 0.222. The van der Waals surface area contributed by atoms with E-state index in [1.54, 1.807) is 41.3 Å². The number of non-ortho nitro benzene ring substituents is 1. The van der Waals surface area contributed by atoms with Crippen molar-refractivity contribution in [1.82, 2.24) is 0 Å². The van der Waals surface area contributed by atoms with E-state index in [2.05, 4.69) is 10.6 Å². The van der Waals surface area contributed by atoms with Crippen molar-refractivity contribution in [2.45, 2.75) is 19.4 Å². The highest BCUT2D eigenvalue weighted by Crippen LogP contribution is 2.31. The van der Waals surface area contributed by atoms with Gasteiger partial charge in [0.15, 0.2) is 0 Å². The minimum atomic E-state index is -0.489. The van der Waals surface area contributed by atoms with Gasteiger partial charge in [-0.15, -0.1) is 0 Å². The van der Waals surface area contributed by atoms with E-state index in [0.717, 1.165) is 0 Å². The van der Waals surface area contributed by atoms with Crippen LogP contribution in [-0.4, -0.2) is 29.3 Å². The molecular formula is C18H18N4O4. The number of para-hydroxylation sites is 2. The first-order chi connectivity index (χ1) is 12.5. The van der Waals surface area contributed by atoms with Gasteiger partial charge in [-0.1, -0.05) is 18.2 Å². The fourth-order valence-electron chi connectivity index (χ4n) is 2.96. The van der Waals surface area contributed by atoms with Crippen molar-refractivity contribution >= 4 is 34.6 Å². The van der Waals surface area contributed by atoms with Crippen LogP contribution < -0.4 is 15.5 Å². The van der Waals surface area contributed by atoms with Crippen molar-refractivity contribution in [2.24, 2.45) is 0 Å². The van der Waals surface area contributed by atoms with Crippen molar-refractivity contribution in [3.8, 4) is 0 Å². The molecule has 2 aromatic rings. The lowest BCUT2D eigenvalue weighted by Gasteiger charge is -2.28. The molecule has 1 heterocycles. The van der Waals surface area contributed by atoms with E-state index in [0.29, 0.717) is 17.1 Å². The Morgan fingerprint density at radius 1 is 1.31 bits per heavy atom. The van der Waals surface area contributed by atoms with Crippen LogP contribution in [0.4, 0.5) is 22.7 Å². The second-order valence-electron chi connectivity index (χ2n) is 6.04. The zero-order valence-electron chi connectivity index (χ0n) is 14.1. The van der Waals surface area contributed by atoms with Crippen LogP contribution >= 0.6 is 0 Å². The third-order valence-corrected chi connectivity index (χ3v) is 4.13. The number of nitrogens with one attached hydrogen (secondary N) is 2. The number of benzene rings is 2. The Morgan fingerprint density at radius 2 is 2.08 bits per heavy atom. The van der Waals surface area contributed by atoms with Gasteiger partial charge in [0.2, 0.25) is 11.8 Å². The first kappa shape index (κ1) is 17.4. The molecule has 1 unspecified atom stereocenters. The second-order valence-corrected chi connectivity index (χ2v) is 6.04. The summed E-state index contributed by atoms with van der Waals surface area (Å²) < 4.78 is 0. The average Bonchev–Trinajstić information content (AvgIpc) is 2.74. The van der Waals surface area contributed by atoms with Crippen LogP contribution in [0.15, 0.2) is 48.5 Å². The zero-order valence-corrected chi connectivity index (χ0v) is 14.1. The summed E-state index contributed by atoms with van der Waals surface area (Å²) in [5.41, 5.74) is 1.66. The van der Waals surface area contributed by atoms with Gasteiger partial charge in [-0.2, -0.15) is 0 Å². The predicted molar refractivity (Wildman–Crippen MR) is 98.2 cm³/mol. The molecular weight excluding hydrogens is 336 g/mol. The lowest BCUT2D eigenvalue weighted by molar-refractivity contribution is -0.384. The predicted octanol–water partition coefficient (Wildman–Crippen LogP) is 2.77. The van der Waals surface area contributed by atoms with Crippen LogP contribution in [0, 0.1) is 10.1 Å². The molecule has 0 spiro atoms. The SMILES string of the molecule is CC1CC(=O)Nc2ccccc2N1C(=O)CNc1cccc([N+](=O)[O-])c1. The third kappa shape index (κ3) is 3.64. The molecule has 8 heteroatoms. The minimum absolute atomic E-state index is 0.0476. The molecule has 2 N–H and O–H groups in total. The Balaban J connectivity index is 1.79. The summed E-state index contributed by atoms with van der Waals surface area (Å²) >= 11 is 0. The lowest BCUT2D eigenvalue weighted by atomic mass is 10.1. The van der Waals surface area contributed by atoms with E-state index in [9.17, 15) is 19.7 Å². The maximum absolute atomic E-state index is 12.8. The van der Waals surface area contributed by atoms with Gasteiger partial charge in [-0.05, 0) is 25.1 Å². The minimum Gasteiger partial charge on any atom is -0.376 e. The van der Waals surface area contributed by atoms with Crippen LogP contribution in [0.2, 0.25) is 0 Å². The molecule has 2 aromatic carbocycles. The van der Waals surface area contributed by atoms with Gasteiger partial charge < -0.3 is 15.5 Å². The zero-order chi connectivity index (χ0) is 18.7. The number of hydrogen-bond donors (Lipinski definition) is 2. The van der Waals surface area contributed by atoms with E-state index in [-0.39, 0.29) is 36.5 Å². The Hall–Kier alpha value is -3.42. The highest BCUT2D eigenvalue weighted by atomic mass is 16.6. The summed E-state index contributed by atoms with van der Waals surface area (Å²) in [6.07, 6.45) is 0.192. The maximum Gasteiger partial charge on any atom is 0.271 e. The van der Waals surface area contributed by atoms with Crippen molar-refractivity contribution in [3.63, 3.8) is 0 Å². The van der Waals surface area contributed by atoms with Gasteiger partial charge in [0, 0.05) is 30.3 Å². The first-order valence-corrected chi connectivity index (χ1v) is 8.15. The van der Waals surface area contributed by atoms with Gasteiger partial charge in [-0.3, -0.25) is 19.7 Å². The summed E-state index contributed by atoms with van der Waals surface area (Å²) in [6.45, 7) is 1.76. The number of carbonyl (C=O) groups excluding carboxylic acids is 2. The molecule has 26 heavy (non-hydrogen) atoms. The molecule has 0 saturated heterocycles. The summed E-state index contributed by atoms with van der Waals surface area (Å²) in [4.78, 5) is 36.7. The van der Waals surface area contributed by atoms with Crippen molar-refractivity contribution in [3.05, 3.63) is 58.6 Å². The molecule has 1 aliphatic heterocycles. The Morgan fingerprint density at radius 3 is 2.85 bits per heavy atom. The summed E-state index contributed by atoms with van der Waals surface area (Å²) in [6, 6.07) is 12.8. The number of fused-ring (bicyclic) bond motifs is 1. The number of carbonyl (C=O) groups is 2. The lowest BCUT2D eigenvalue weighted by Crippen LogP contribution is -2.42. The highest BCUT2D eigenvalue weighted by Gasteiger charge is 2.29. The van der Waals surface area contributed by atoms with Crippen molar-refractivity contribution < 1.29 is 14.5 Å². The normalized spacial score (nSPS) is 16.3. The summed E-state index contributed by atoms with van der Waals surface area (Å²) in [5, 5.41) is 16.6. The molecule has 0 aromatic heterocycles. The molecule has 1 atom stereocenters. The Bertz CT molecular complexity index is 868. The second kappa shape index (κ2) is 7.22. The highest BCUT2D eigenvalue weighted by molar-refractivity contribution is 6.05. The van der Waals surface area contributed by atoms with Crippen molar-refractivity contribution in [2.75, 3.05) is 22.1 Å². The van der Waals surface area contributed by atoms with Crippen LogP contribution in [0.3, 0.4) is 0 Å². The average molecular weight is 354 g/mol. The largest absolute Gasteiger partial charge is 0.376 e. The quantitative estimate of drug-likeness (QED) is 0.649. The standard InChI is InChI=1S/C18H18N4O4/c1-12-9-17(23)20-15-7-2-3-8-16(15)21(12)18(24)11-19-13-5-4-6-14(10-13)22(25)26/h2-8,10,12,19H,9,11H2,1H3,(H,20,23). The van der Waals surface area contributed by atoms with Crippen LogP contribution in [0.25, 0.3) is 0 Å². The molecule has 0 radical (unpaired) electrons. The number of nitro benzene ring substituents is 1. The van der Waals surface area contributed by atoms with E-state index in [1.165, 1.54) is 12.1 Å². The third-order valence-electron chi connectivity index (χ3n) is 4.13. The first-order valence-electron chi connectivity index (χ1n) is 8.15. The van der Waals surface area contributed by atoms with Gasteiger partial charge in [-0.25, -0.2) is 0 Å². The topological polar surface area (TPSA) is 105 Å². The number of amides is 2. The van der Waals surface area contributed by atoms with Crippen LogP contribution in [-0.2, 0) is 9.59 Å². The number of nitrogens with zero attached hydrogens (tertiary/aromatic N) is 2. The molecule has 0 saturated carbocycles. The van der Waals surface area contributed by atoms with Crippen molar-refractivity contribution in [1.29, 1.82) is 0 Å². The monoisotopic (exact) mass is 354 g/mol. The molecule has 3 rings (SSSR count). The van der Waals surface area contributed by atoms with E-state index < -0.39 is 4.92 Å².